The molecule has 0 spiro atoms. The smallest absolute Gasteiger partial charge is 0.0514 e. The molecule has 3 nitrogen and oxygen atoms in total. The van der Waals surface area contributed by atoms with Gasteiger partial charge in [0.2, 0.25) is 0 Å². The van der Waals surface area contributed by atoms with Crippen molar-refractivity contribution in [1.29, 1.82) is 0 Å². The normalized spacial score (nSPS) is 13.9. The van der Waals surface area contributed by atoms with Crippen molar-refractivity contribution in [2.24, 2.45) is 0 Å². The van der Waals surface area contributed by atoms with Crippen LogP contribution in [-0.4, -0.2) is 35.6 Å². The highest BCUT2D eigenvalue weighted by Gasteiger charge is 2.34. The number of aryl methyl sites for hydroxylation is 1. The molecule has 3 heteroatoms. The van der Waals surface area contributed by atoms with E-state index in [9.17, 15) is 0 Å². The zero-order valence-corrected chi connectivity index (χ0v) is 12.6. The van der Waals surface area contributed by atoms with Crippen LogP contribution < -0.4 is 5.32 Å². The molecule has 0 saturated heterocycles. The molecule has 1 aromatic rings. The highest BCUT2D eigenvalue weighted by molar-refractivity contribution is 5.23. The number of nitrogens with zero attached hydrogens (tertiary/aromatic N) is 2. The quantitative estimate of drug-likeness (QED) is 0.840. The number of nitrogens with one attached hydrogen (secondary N) is 1. The SMILES string of the molecule is CCN(CC)C(C)(C)C(NC)c1cncc(C)c1. The van der Waals surface area contributed by atoms with E-state index in [4.69, 9.17) is 0 Å². The maximum absolute atomic E-state index is 4.32. The monoisotopic (exact) mass is 249 g/mol. The van der Waals surface area contributed by atoms with Crippen LogP contribution in [0.2, 0.25) is 0 Å². The van der Waals surface area contributed by atoms with Gasteiger partial charge in [-0.15, -0.1) is 0 Å². The summed E-state index contributed by atoms with van der Waals surface area (Å²) in [6.45, 7) is 13.2. The van der Waals surface area contributed by atoms with E-state index in [1.165, 1.54) is 11.1 Å². The van der Waals surface area contributed by atoms with Gasteiger partial charge in [0, 0.05) is 17.9 Å². The Balaban J connectivity index is 3.08. The predicted molar refractivity (Wildman–Crippen MR) is 77.8 cm³/mol. The summed E-state index contributed by atoms with van der Waals surface area (Å²) in [6, 6.07) is 2.50. The van der Waals surface area contributed by atoms with Gasteiger partial charge in [-0.3, -0.25) is 9.88 Å². The highest BCUT2D eigenvalue weighted by atomic mass is 15.2. The van der Waals surface area contributed by atoms with Crippen LogP contribution >= 0.6 is 0 Å². The molecule has 0 bridgehead atoms. The van der Waals surface area contributed by atoms with Gasteiger partial charge < -0.3 is 5.32 Å². The third-order valence-electron chi connectivity index (χ3n) is 3.80. The molecule has 0 amide bonds. The summed E-state index contributed by atoms with van der Waals surface area (Å²) in [4.78, 5) is 6.80. The number of hydrogen-bond donors (Lipinski definition) is 1. The molecule has 0 aliphatic carbocycles. The maximum Gasteiger partial charge on any atom is 0.0514 e. The van der Waals surface area contributed by atoms with Crippen molar-refractivity contribution in [3.63, 3.8) is 0 Å². The first-order chi connectivity index (χ1) is 8.47. The van der Waals surface area contributed by atoms with Gasteiger partial charge in [0.1, 0.15) is 0 Å². The Morgan fingerprint density at radius 3 is 2.33 bits per heavy atom. The molecule has 1 N–H and O–H groups in total. The lowest BCUT2D eigenvalue weighted by Crippen LogP contribution is -2.52. The van der Waals surface area contributed by atoms with Crippen molar-refractivity contribution >= 4 is 0 Å². The molecule has 0 radical (unpaired) electrons. The summed E-state index contributed by atoms with van der Waals surface area (Å²) in [7, 11) is 2.03. The van der Waals surface area contributed by atoms with Crippen LogP contribution in [-0.2, 0) is 0 Å². The van der Waals surface area contributed by atoms with E-state index < -0.39 is 0 Å². The van der Waals surface area contributed by atoms with Gasteiger partial charge in [-0.25, -0.2) is 0 Å². The van der Waals surface area contributed by atoms with Gasteiger partial charge in [-0.05, 0) is 52.0 Å². The van der Waals surface area contributed by atoms with Crippen molar-refractivity contribution in [2.75, 3.05) is 20.1 Å². The van der Waals surface area contributed by atoms with Crippen LogP contribution in [0.3, 0.4) is 0 Å². The molecule has 0 fully saturated rings. The van der Waals surface area contributed by atoms with Gasteiger partial charge in [0.25, 0.3) is 0 Å². The van der Waals surface area contributed by atoms with Crippen molar-refractivity contribution in [3.8, 4) is 0 Å². The number of likely N-dealkylation sites (N-methyl/N-ethyl adjacent to an activating group) is 2. The third-order valence-corrected chi connectivity index (χ3v) is 3.80. The molecule has 0 aliphatic heterocycles. The number of aromatic nitrogens is 1. The van der Waals surface area contributed by atoms with Crippen LogP contribution in [0.5, 0.6) is 0 Å². The Morgan fingerprint density at radius 2 is 1.89 bits per heavy atom. The number of rotatable bonds is 6. The summed E-state index contributed by atoms with van der Waals surface area (Å²) in [5.41, 5.74) is 2.53. The molecular weight excluding hydrogens is 222 g/mol. The Labute approximate surface area is 112 Å². The molecule has 0 saturated carbocycles. The van der Waals surface area contributed by atoms with Gasteiger partial charge >= 0.3 is 0 Å². The lowest BCUT2D eigenvalue weighted by atomic mass is 9.87. The fourth-order valence-corrected chi connectivity index (χ4v) is 2.89. The number of hydrogen-bond acceptors (Lipinski definition) is 3. The predicted octanol–water partition coefficient (Wildman–Crippen LogP) is 2.77. The summed E-state index contributed by atoms with van der Waals surface area (Å²) in [5.74, 6) is 0. The second-order valence-electron chi connectivity index (χ2n) is 5.34. The molecule has 1 rings (SSSR count). The van der Waals surface area contributed by atoms with Crippen molar-refractivity contribution in [1.82, 2.24) is 15.2 Å². The molecule has 1 atom stereocenters. The molecule has 1 aromatic heterocycles. The second kappa shape index (κ2) is 6.30. The van der Waals surface area contributed by atoms with Crippen LogP contribution in [0.15, 0.2) is 18.5 Å². The second-order valence-corrected chi connectivity index (χ2v) is 5.34. The summed E-state index contributed by atoms with van der Waals surface area (Å²) in [6.07, 6.45) is 3.88. The summed E-state index contributed by atoms with van der Waals surface area (Å²) in [5, 5.41) is 3.45. The first-order valence-electron chi connectivity index (χ1n) is 6.81. The summed E-state index contributed by atoms with van der Waals surface area (Å²) >= 11 is 0. The van der Waals surface area contributed by atoms with Crippen LogP contribution in [0, 0.1) is 6.92 Å². The average molecular weight is 249 g/mol. The van der Waals surface area contributed by atoms with E-state index in [1.807, 2.05) is 19.4 Å². The van der Waals surface area contributed by atoms with Crippen molar-refractivity contribution < 1.29 is 0 Å². The highest BCUT2D eigenvalue weighted by Crippen LogP contribution is 2.30. The zero-order valence-electron chi connectivity index (χ0n) is 12.6. The van der Waals surface area contributed by atoms with E-state index in [1.54, 1.807) is 0 Å². The minimum absolute atomic E-state index is 0.0632. The van der Waals surface area contributed by atoms with E-state index in [0.717, 1.165) is 13.1 Å². The van der Waals surface area contributed by atoms with Gasteiger partial charge in [0.15, 0.2) is 0 Å². The lowest BCUT2D eigenvalue weighted by molar-refractivity contribution is 0.0943. The third kappa shape index (κ3) is 3.09. The fraction of sp³-hybridized carbons (Fsp3) is 0.667. The largest absolute Gasteiger partial charge is 0.311 e. The minimum Gasteiger partial charge on any atom is -0.311 e. The van der Waals surface area contributed by atoms with Crippen LogP contribution in [0.4, 0.5) is 0 Å². The Bertz CT molecular complexity index is 370. The molecule has 1 unspecified atom stereocenters. The standard InChI is InChI=1S/C15H27N3/c1-7-18(8-2)15(4,5)14(16-6)13-9-12(3)10-17-11-13/h9-11,14,16H,7-8H2,1-6H3. The number of pyridine rings is 1. The van der Waals surface area contributed by atoms with Crippen molar-refractivity contribution in [3.05, 3.63) is 29.6 Å². The molecule has 0 aromatic carbocycles. The van der Waals surface area contributed by atoms with Gasteiger partial charge in [-0.1, -0.05) is 19.9 Å². The molecular formula is C15H27N3. The summed E-state index contributed by atoms with van der Waals surface area (Å²) < 4.78 is 0. The van der Waals surface area contributed by atoms with Crippen LogP contribution in [0.1, 0.15) is 44.9 Å². The Morgan fingerprint density at radius 1 is 1.28 bits per heavy atom. The lowest BCUT2D eigenvalue weighted by Gasteiger charge is -2.43. The molecule has 1 heterocycles. The molecule has 102 valence electrons. The van der Waals surface area contributed by atoms with E-state index in [2.05, 4.69) is 55.9 Å². The first kappa shape index (κ1) is 15.1. The molecule has 0 aliphatic rings. The van der Waals surface area contributed by atoms with Crippen molar-refractivity contribution in [2.45, 2.75) is 46.2 Å². The fourth-order valence-electron chi connectivity index (χ4n) is 2.89. The topological polar surface area (TPSA) is 28.2 Å². The maximum atomic E-state index is 4.32. The zero-order chi connectivity index (χ0) is 13.8. The Kier molecular flexibility index (Phi) is 5.29. The van der Waals surface area contributed by atoms with E-state index in [-0.39, 0.29) is 11.6 Å². The molecule has 18 heavy (non-hydrogen) atoms. The first-order valence-corrected chi connectivity index (χ1v) is 6.81. The Hall–Kier alpha value is -0.930. The minimum atomic E-state index is 0.0632. The van der Waals surface area contributed by atoms with E-state index >= 15 is 0 Å². The van der Waals surface area contributed by atoms with Crippen LogP contribution in [0.25, 0.3) is 0 Å². The van der Waals surface area contributed by atoms with Gasteiger partial charge in [0.05, 0.1) is 6.04 Å². The average Bonchev–Trinajstić information content (AvgIpc) is 2.30. The van der Waals surface area contributed by atoms with E-state index in [0.29, 0.717) is 0 Å². The van der Waals surface area contributed by atoms with Gasteiger partial charge in [-0.2, -0.15) is 0 Å².